The summed E-state index contributed by atoms with van der Waals surface area (Å²) in [4.78, 5) is 17.3. The first-order valence-corrected chi connectivity index (χ1v) is 8.30. The van der Waals surface area contributed by atoms with Crippen LogP contribution in [-0.2, 0) is 9.53 Å². The Morgan fingerprint density at radius 1 is 1.36 bits per heavy atom. The van der Waals surface area contributed by atoms with Crippen LogP contribution < -0.4 is 0 Å². The summed E-state index contributed by atoms with van der Waals surface area (Å²) in [5, 5.41) is 4.20. The first kappa shape index (κ1) is 15.5. The van der Waals surface area contributed by atoms with Gasteiger partial charge in [0.2, 0.25) is 5.91 Å². The van der Waals surface area contributed by atoms with Gasteiger partial charge in [-0.05, 0) is 18.9 Å². The van der Waals surface area contributed by atoms with Crippen molar-refractivity contribution < 1.29 is 9.53 Å². The van der Waals surface area contributed by atoms with E-state index in [1.54, 1.807) is 10.9 Å². The molecule has 1 aromatic heterocycles. The van der Waals surface area contributed by atoms with E-state index >= 15 is 0 Å². The predicted molar refractivity (Wildman–Crippen MR) is 83.5 cm³/mol. The average Bonchev–Trinajstić information content (AvgIpc) is 3.23. The van der Waals surface area contributed by atoms with Crippen molar-refractivity contribution in [2.24, 2.45) is 5.92 Å². The molecule has 0 N–H and O–H groups in total. The molecule has 0 aliphatic carbocycles. The molecule has 2 aliphatic rings. The zero-order chi connectivity index (χ0) is 15.5. The average molecular weight is 306 g/mol. The maximum Gasteiger partial charge on any atom is 0.247 e. The number of hydrogen-bond acceptors (Lipinski definition) is 4. The minimum Gasteiger partial charge on any atom is -0.379 e. The normalized spacial score (nSPS) is 28.0. The van der Waals surface area contributed by atoms with E-state index in [1.807, 2.05) is 24.1 Å². The Labute approximate surface area is 132 Å². The van der Waals surface area contributed by atoms with Gasteiger partial charge in [-0.3, -0.25) is 14.4 Å². The highest BCUT2D eigenvalue weighted by atomic mass is 16.5. The lowest BCUT2D eigenvalue weighted by Crippen LogP contribution is -2.47. The van der Waals surface area contributed by atoms with Crippen molar-refractivity contribution in [1.82, 2.24) is 19.6 Å². The fraction of sp³-hybridized carbons (Fsp3) is 0.750. The minimum absolute atomic E-state index is 0.179. The second-order valence-electron chi connectivity index (χ2n) is 6.29. The van der Waals surface area contributed by atoms with Crippen molar-refractivity contribution in [3.8, 4) is 0 Å². The summed E-state index contributed by atoms with van der Waals surface area (Å²) < 4.78 is 7.20. The molecule has 3 heterocycles. The fourth-order valence-electron chi connectivity index (χ4n) is 3.65. The fourth-order valence-corrected chi connectivity index (χ4v) is 3.65. The molecule has 0 bridgehead atoms. The summed E-state index contributed by atoms with van der Waals surface area (Å²) in [6.07, 6.45) is 4.69. The molecule has 2 aliphatic heterocycles. The van der Waals surface area contributed by atoms with Crippen LogP contribution in [0.15, 0.2) is 18.5 Å². The monoisotopic (exact) mass is 306 g/mol. The highest BCUT2D eigenvalue weighted by molar-refractivity contribution is 5.80. The molecule has 3 atom stereocenters. The van der Waals surface area contributed by atoms with Crippen molar-refractivity contribution in [3.63, 3.8) is 0 Å². The van der Waals surface area contributed by atoms with E-state index in [0.29, 0.717) is 12.0 Å². The summed E-state index contributed by atoms with van der Waals surface area (Å²) >= 11 is 0. The molecule has 22 heavy (non-hydrogen) atoms. The van der Waals surface area contributed by atoms with E-state index in [9.17, 15) is 4.79 Å². The number of nitrogens with zero attached hydrogens (tertiary/aromatic N) is 4. The largest absolute Gasteiger partial charge is 0.379 e. The summed E-state index contributed by atoms with van der Waals surface area (Å²) in [7, 11) is 0. The van der Waals surface area contributed by atoms with Gasteiger partial charge in [0, 0.05) is 44.6 Å². The maximum absolute atomic E-state index is 12.8. The van der Waals surface area contributed by atoms with Crippen LogP contribution in [0.5, 0.6) is 0 Å². The maximum atomic E-state index is 12.8. The first-order valence-electron chi connectivity index (χ1n) is 8.30. The van der Waals surface area contributed by atoms with Crippen LogP contribution in [0.4, 0.5) is 0 Å². The van der Waals surface area contributed by atoms with Crippen LogP contribution in [0.2, 0.25) is 0 Å². The SMILES string of the molecule is CCC1CN(C(=O)C(C)n2cccn2)CC1N1CCOCC1. The Balaban J connectivity index is 1.66. The van der Waals surface area contributed by atoms with Crippen molar-refractivity contribution in [2.45, 2.75) is 32.4 Å². The van der Waals surface area contributed by atoms with Gasteiger partial charge >= 0.3 is 0 Å². The third-order valence-corrected chi connectivity index (χ3v) is 5.04. The molecule has 6 heteroatoms. The van der Waals surface area contributed by atoms with Gasteiger partial charge in [-0.2, -0.15) is 5.10 Å². The number of amides is 1. The second-order valence-corrected chi connectivity index (χ2v) is 6.29. The zero-order valence-electron chi connectivity index (χ0n) is 13.5. The Kier molecular flexibility index (Phi) is 4.78. The predicted octanol–water partition coefficient (Wildman–Crippen LogP) is 1.01. The van der Waals surface area contributed by atoms with Gasteiger partial charge in [0.1, 0.15) is 6.04 Å². The Morgan fingerprint density at radius 2 is 2.14 bits per heavy atom. The molecule has 0 saturated carbocycles. The number of aromatic nitrogens is 2. The minimum atomic E-state index is -0.226. The lowest BCUT2D eigenvalue weighted by atomic mass is 9.99. The second kappa shape index (κ2) is 6.79. The Morgan fingerprint density at radius 3 is 2.77 bits per heavy atom. The number of morpholine rings is 1. The zero-order valence-corrected chi connectivity index (χ0v) is 13.5. The highest BCUT2D eigenvalue weighted by Gasteiger charge is 2.39. The van der Waals surface area contributed by atoms with Gasteiger partial charge in [-0.1, -0.05) is 13.3 Å². The molecular formula is C16H26N4O2. The molecule has 0 spiro atoms. The van der Waals surface area contributed by atoms with Crippen molar-refractivity contribution in [2.75, 3.05) is 39.4 Å². The van der Waals surface area contributed by atoms with Crippen LogP contribution in [-0.4, -0.2) is 70.9 Å². The van der Waals surface area contributed by atoms with E-state index in [-0.39, 0.29) is 11.9 Å². The summed E-state index contributed by atoms with van der Waals surface area (Å²) in [5.41, 5.74) is 0. The third-order valence-electron chi connectivity index (χ3n) is 5.04. The lowest BCUT2D eigenvalue weighted by molar-refractivity contribution is -0.133. The first-order chi connectivity index (χ1) is 10.7. The summed E-state index contributed by atoms with van der Waals surface area (Å²) in [5.74, 6) is 0.741. The number of likely N-dealkylation sites (tertiary alicyclic amines) is 1. The van der Waals surface area contributed by atoms with Gasteiger partial charge in [0.15, 0.2) is 0 Å². The number of rotatable bonds is 4. The van der Waals surface area contributed by atoms with E-state index in [4.69, 9.17) is 4.74 Å². The quantitative estimate of drug-likeness (QED) is 0.833. The number of carbonyl (C=O) groups excluding carboxylic acids is 1. The van der Waals surface area contributed by atoms with Crippen molar-refractivity contribution in [1.29, 1.82) is 0 Å². The van der Waals surface area contributed by atoms with E-state index < -0.39 is 0 Å². The van der Waals surface area contributed by atoms with Crippen LogP contribution >= 0.6 is 0 Å². The van der Waals surface area contributed by atoms with Crippen LogP contribution in [0, 0.1) is 5.92 Å². The number of ether oxygens (including phenoxy) is 1. The number of carbonyl (C=O) groups is 1. The van der Waals surface area contributed by atoms with Gasteiger partial charge < -0.3 is 9.64 Å². The van der Waals surface area contributed by atoms with Crippen molar-refractivity contribution >= 4 is 5.91 Å². The summed E-state index contributed by atoms with van der Waals surface area (Å²) in [6.45, 7) is 9.44. The standard InChI is InChI=1S/C16H26N4O2/c1-3-14-11-19(12-15(14)18-7-9-22-10-8-18)16(21)13(2)20-6-4-5-17-20/h4-6,13-15H,3,7-12H2,1-2H3. The lowest BCUT2D eigenvalue weighted by Gasteiger charge is -2.34. The number of hydrogen-bond donors (Lipinski definition) is 0. The van der Waals surface area contributed by atoms with Crippen LogP contribution in [0.25, 0.3) is 0 Å². The molecule has 122 valence electrons. The highest BCUT2D eigenvalue weighted by Crippen LogP contribution is 2.27. The molecule has 3 unspecified atom stereocenters. The van der Waals surface area contributed by atoms with Gasteiger partial charge in [0.05, 0.1) is 13.2 Å². The molecular weight excluding hydrogens is 280 g/mol. The molecule has 0 aromatic carbocycles. The molecule has 1 aromatic rings. The molecule has 6 nitrogen and oxygen atoms in total. The topological polar surface area (TPSA) is 50.6 Å². The Hall–Kier alpha value is -1.40. The van der Waals surface area contributed by atoms with E-state index in [0.717, 1.165) is 45.8 Å². The van der Waals surface area contributed by atoms with Crippen LogP contribution in [0.1, 0.15) is 26.3 Å². The van der Waals surface area contributed by atoms with Crippen molar-refractivity contribution in [3.05, 3.63) is 18.5 Å². The van der Waals surface area contributed by atoms with Crippen LogP contribution in [0.3, 0.4) is 0 Å². The summed E-state index contributed by atoms with van der Waals surface area (Å²) in [6, 6.07) is 2.11. The molecule has 1 amide bonds. The molecule has 3 rings (SSSR count). The Bertz CT molecular complexity index is 484. The molecule has 2 saturated heterocycles. The van der Waals surface area contributed by atoms with E-state index in [2.05, 4.69) is 16.9 Å². The van der Waals surface area contributed by atoms with E-state index in [1.165, 1.54) is 0 Å². The molecule has 2 fully saturated rings. The van der Waals surface area contributed by atoms with Gasteiger partial charge in [-0.15, -0.1) is 0 Å². The van der Waals surface area contributed by atoms with Gasteiger partial charge in [-0.25, -0.2) is 0 Å². The molecule has 0 radical (unpaired) electrons. The smallest absolute Gasteiger partial charge is 0.247 e. The van der Waals surface area contributed by atoms with Gasteiger partial charge in [0.25, 0.3) is 0 Å². The third kappa shape index (κ3) is 3.03.